The summed E-state index contributed by atoms with van der Waals surface area (Å²) in [5, 5.41) is 52.4. The average molecular weight is 1030 g/mol. The molecule has 375 valence electrons. The fourth-order valence-corrected chi connectivity index (χ4v) is 6.98. The van der Waals surface area contributed by atoms with Gasteiger partial charge in [0, 0.05) is 101 Å². The van der Waals surface area contributed by atoms with E-state index in [-0.39, 0.29) is 133 Å². The van der Waals surface area contributed by atoms with Gasteiger partial charge in [0.2, 0.25) is 17.7 Å². The number of aliphatic carboxylic acids is 3. The van der Waals surface area contributed by atoms with Gasteiger partial charge in [0.1, 0.15) is 11.8 Å². The van der Waals surface area contributed by atoms with Gasteiger partial charge in [-0.3, -0.25) is 62.8 Å². The van der Waals surface area contributed by atoms with Crippen molar-refractivity contribution in [1.82, 2.24) is 35.1 Å². The van der Waals surface area contributed by atoms with Crippen molar-refractivity contribution in [2.75, 3.05) is 91.6 Å². The summed E-state index contributed by atoms with van der Waals surface area (Å²) >= 11 is 9.22. The number of likely N-dealkylation sites (tertiary alicyclic amines) is 1. The number of amides is 3. The average Bonchev–Trinajstić information content (AvgIpc) is 3.68. The molecule has 2 aliphatic heterocycles. The molecular weight excluding hydrogens is 969 g/mol. The van der Waals surface area contributed by atoms with E-state index in [1.165, 1.54) is 11.8 Å². The molecule has 0 unspecified atom stereocenters. The van der Waals surface area contributed by atoms with Gasteiger partial charge in [-0.2, -0.15) is 13.2 Å². The van der Waals surface area contributed by atoms with Gasteiger partial charge >= 0.3 is 31.2 Å². The van der Waals surface area contributed by atoms with Crippen LogP contribution in [0.4, 0.5) is 13.2 Å². The summed E-state index contributed by atoms with van der Waals surface area (Å²) in [6, 6.07) is -0.967. The number of carboxylic acids is 3. The maximum Gasteiger partial charge on any atom is 0.475 e. The molecule has 21 nitrogen and oxygen atoms in total. The van der Waals surface area contributed by atoms with Crippen LogP contribution in [-0.2, 0) is 60.2 Å². The third-order valence-electron chi connectivity index (χ3n) is 10.2. The van der Waals surface area contributed by atoms with Crippen molar-refractivity contribution >= 4 is 83.3 Å². The van der Waals surface area contributed by atoms with Crippen LogP contribution >= 0.6 is 23.2 Å². The van der Waals surface area contributed by atoms with Crippen LogP contribution in [0.3, 0.4) is 0 Å². The molecule has 2 rings (SSSR count). The molecule has 7 N–H and O–H groups in total. The number of hydrogen-bond acceptors (Lipinski definition) is 15. The van der Waals surface area contributed by atoms with E-state index in [9.17, 15) is 81.7 Å². The molecule has 65 heavy (non-hydrogen) atoms. The van der Waals surface area contributed by atoms with Gasteiger partial charge in [-0.15, -0.1) is 0 Å². The van der Waals surface area contributed by atoms with Gasteiger partial charge in [-0.25, -0.2) is 0 Å². The molecule has 0 aromatic heterocycles. The smallest absolute Gasteiger partial charge is 0.475 e. The van der Waals surface area contributed by atoms with Gasteiger partial charge in [0.05, 0.1) is 38.7 Å². The van der Waals surface area contributed by atoms with Crippen molar-refractivity contribution in [3.63, 3.8) is 0 Å². The number of nitrogens with zero attached hydrogens (tertiary/aromatic N) is 5. The molecule has 0 aliphatic carbocycles. The third kappa shape index (κ3) is 25.3. The second kappa shape index (κ2) is 30.8. The monoisotopic (exact) mass is 1030 g/mol. The van der Waals surface area contributed by atoms with E-state index in [1.54, 1.807) is 33.4 Å². The fourth-order valence-electron chi connectivity index (χ4n) is 6.73. The van der Waals surface area contributed by atoms with Crippen LogP contribution in [0.2, 0.25) is 0 Å². The molecule has 3 amide bonds. The zero-order valence-electron chi connectivity index (χ0n) is 36.2. The Bertz CT molecular complexity index is 1590. The molecule has 0 aromatic rings. The van der Waals surface area contributed by atoms with Crippen LogP contribution in [-0.4, -0.2) is 225 Å². The number of halogens is 5. The van der Waals surface area contributed by atoms with Gasteiger partial charge in [-0.05, 0) is 25.7 Å². The van der Waals surface area contributed by atoms with E-state index in [0.717, 1.165) is 0 Å². The minimum atomic E-state index is -4.92. The van der Waals surface area contributed by atoms with Crippen LogP contribution in [0.25, 0.3) is 0 Å². The Balaban J connectivity index is 0.00000368. The van der Waals surface area contributed by atoms with E-state index in [4.69, 9.17) is 0 Å². The van der Waals surface area contributed by atoms with Gasteiger partial charge in [0.25, 0.3) is 5.78 Å². The molecule has 2 aliphatic rings. The number of carbonyl (C=O) groups excluding carboxylic acids is 6. The molecule has 2 fully saturated rings. The van der Waals surface area contributed by atoms with Crippen molar-refractivity contribution < 1.29 is 98.8 Å². The standard InChI is InChI=1S/C34H58BN7O13.C3HCl2F3O.Cu/c1-23(2)27(33(52)37-24(3)34(53)42-8-4-5-28(42)35(54)55)17-26(44)18-36-29(45)7-6-25(43)19-38-9-11-39(20-30(46)47)13-15-41(22-32(50)51)16-14-40(12-10-38)21-31(48)49;4-2(5)1(9)3(6,7)8;/h23-24,27-28,54-55H,4-22H2,1-3H3,(H,36,45)(H,37,52)(H,46,47)(H,48,49)(H,50,51);2H;/t24-,27+,28+;;/m1../s1. The van der Waals surface area contributed by atoms with E-state index < -0.39 is 83.2 Å². The van der Waals surface area contributed by atoms with Gasteiger partial charge in [0.15, 0.2) is 10.6 Å². The fraction of sp³-hybridized carbons (Fsp3) is 0.757. The Morgan fingerprint density at radius 2 is 1.12 bits per heavy atom. The summed E-state index contributed by atoms with van der Waals surface area (Å²) in [5.41, 5.74) is 0. The quantitative estimate of drug-likeness (QED) is 0.0513. The van der Waals surface area contributed by atoms with E-state index >= 15 is 0 Å². The molecule has 3 atom stereocenters. The Hall–Kier alpha value is -3.46. The Morgan fingerprint density at radius 3 is 1.48 bits per heavy atom. The Kier molecular flexibility index (Phi) is 29.1. The first kappa shape index (κ1) is 61.5. The zero-order valence-corrected chi connectivity index (χ0v) is 38.7. The van der Waals surface area contributed by atoms with Crippen molar-refractivity contribution in [3.8, 4) is 0 Å². The van der Waals surface area contributed by atoms with Crippen molar-refractivity contribution in [2.45, 2.75) is 75.9 Å². The number of carbonyl (C=O) groups is 9. The van der Waals surface area contributed by atoms with E-state index in [0.29, 0.717) is 19.4 Å². The number of Topliss-reactive ketones (excluding diaryl/α,β-unsaturated/α-hetero) is 3. The summed E-state index contributed by atoms with van der Waals surface area (Å²) < 4.78 is 33.5. The minimum Gasteiger partial charge on any atom is -0.480 e. The SMILES string of the molecule is CC(C)[C@H](CC(=O)CNC(=O)CCC(=O)CN1CCN(CC(=O)O)CCN(CC(=O)O)CCN(CC(=O)O)CC1)C(=O)N[C@H](C)C(=O)N1CCC[C@H]1B(O)O.O=C(C(Cl)Cl)C(F)(F)F.[Cu]. The topological polar surface area (TPSA) is 295 Å². The third-order valence-corrected chi connectivity index (χ3v) is 10.6. The summed E-state index contributed by atoms with van der Waals surface area (Å²) in [7, 11) is -1.70. The van der Waals surface area contributed by atoms with Crippen LogP contribution < -0.4 is 10.6 Å². The minimum absolute atomic E-state index is 0. The van der Waals surface area contributed by atoms with Gasteiger partial charge < -0.3 is 40.9 Å². The predicted octanol–water partition coefficient (Wildman–Crippen LogP) is -1.41. The molecule has 0 bridgehead atoms. The normalized spacial score (nSPS) is 18.2. The largest absolute Gasteiger partial charge is 0.480 e. The second-order valence-corrected chi connectivity index (χ2v) is 16.8. The van der Waals surface area contributed by atoms with Crippen LogP contribution in [0.15, 0.2) is 0 Å². The Labute approximate surface area is 395 Å². The summed E-state index contributed by atoms with van der Waals surface area (Å²) in [4.78, 5) is 115. The predicted molar refractivity (Wildman–Crippen MR) is 223 cm³/mol. The number of carboxylic acid groups (broad SMARTS) is 3. The molecule has 0 spiro atoms. The number of hydrogen-bond donors (Lipinski definition) is 7. The molecule has 2 saturated heterocycles. The van der Waals surface area contributed by atoms with Crippen molar-refractivity contribution in [2.24, 2.45) is 11.8 Å². The molecule has 2 heterocycles. The first-order valence-corrected chi connectivity index (χ1v) is 21.3. The summed E-state index contributed by atoms with van der Waals surface area (Å²) in [5.74, 6) is -9.47. The first-order chi connectivity index (χ1) is 29.7. The van der Waals surface area contributed by atoms with Crippen LogP contribution in [0.1, 0.15) is 52.9 Å². The maximum atomic E-state index is 13.1. The van der Waals surface area contributed by atoms with Crippen molar-refractivity contribution in [1.29, 1.82) is 0 Å². The molecule has 28 heteroatoms. The van der Waals surface area contributed by atoms with Crippen LogP contribution in [0.5, 0.6) is 0 Å². The van der Waals surface area contributed by atoms with Crippen molar-refractivity contribution in [3.05, 3.63) is 0 Å². The van der Waals surface area contributed by atoms with E-state index in [1.807, 2.05) is 0 Å². The van der Waals surface area contributed by atoms with Crippen LogP contribution in [0, 0.1) is 11.8 Å². The molecular formula is C37H59BCl2CuF3N7O14. The molecule has 1 radical (unpaired) electrons. The first-order valence-electron chi connectivity index (χ1n) is 20.4. The maximum absolute atomic E-state index is 13.1. The zero-order chi connectivity index (χ0) is 48.9. The second-order valence-electron chi connectivity index (χ2n) is 15.7. The summed E-state index contributed by atoms with van der Waals surface area (Å²) in [6.07, 6.45) is -4.49. The number of alkyl halides is 5. The Morgan fingerprint density at radius 1 is 0.692 bits per heavy atom. The van der Waals surface area contributed by atoms with E-state index in [2.05, 4.69) is 33.8 Å². The number of ketones is 3. The summed E-state index contributed by atoms with van der Waals surface area (Å²) in [6.45, 7) is 5.85. The number of nitrogens with one attached hydrogen (secondary N) is 2. The molecule has 0 aromatic carbocycles. The molecule has 0 saturated carbocycles. The van der Waals surface area contributed by atoms with Gasteiger partial charge in [-0.1, -0.05) is 37.0 Å². The number of rotatable bonds is 21.